The Balaban J connectivity index is 1.56. The molecule has 1 saturated heterocycles. The van der Waals surface area contributed by atoms with Crippen LogP contribution in [0.4, 0.5) is 4.39 Å². The lowest BCUT2D eigenvalue weighted by atomic mass is 9.90. The molecule has 1 aromatic carbocycles. The first-order valence-electron chi connectivity index (χ1n) is 8.37. The van der Waals surface area contributed by atoms with Gasteiger partial charge in [0.2, 0.25) is 5.76 Å². The zero-order valence-corrected chi connectivity index (χ0v) is 13.3. The van der Waals surface area contributed by atoms with Gasteiger partial charge in [-0.15, -0.1) is 0 Å². The lowest BCUT2D eigenvalue weighted by Crippen LogP contribution is -2.54. The third kappa shape index (κ3) is 2.82. The van der Waals surface area contributed by atoms with Crippen molar-refractivity contribution in [1.29, 1.82) is 0 Å². The summed E-state index contributed by atoms with van der Waals surface area (Å²) in [4.78, 5) is 14.7. The highest BCUT2D eigenvalue weighted by molar-refractivity contribution is 5.92. The van der Waals surface area contributed by atoms with Crippen LogP contribution in [0, 0.1) is 5.82 Å². The second kappa shape index (κ2) is 6.36. The smallest absolute Gasteiger partial charge is 0.292 e. The second-order valence-corrected chi connectivity index (χ2v) is 6.35. The fourth-order valence-electron chi connectivity index (χ4n) is 3.65. The van der Waals surface area contributed by atoms with Crippen molar-refractivity contribution in [3.05, 3.63) is 41.9 Å². The van der Waals surface area contributed by atoms with Crippen LogP contribution in [0.25, 0.3) is 11.3 Å². The maximum absolute atomic E-state index is 13.3. The summed E-state index contributed by atoms with van der Waals surface area (Å²) >= 11 is 0. The molecule has 2 aliphatic rings. The minimum atomic E-state index is -0.346. The van der Waals surface area contributed by atoms with Crippen molar-refractivity contribution in [3.63, 3.8) is 0 Å². The maximum Gasteiger partial charge on any atom is 0.292 e. The van der Waals surface area contributed by atoms with E-state index in [1.807, 2.05) is 4.90 Å². The topological polar surface area (TPSA) is 55.6 Å². The van der Waals surface area contributed by atoms with Gasteiger partial charge < -0.3 is 14.2 Å². The van der Waals surface area contributed by atoms with Crippen LogP contribution in [0.2, 0.25) is 0 Å². The zero-order chi connectivity index (χ0) is 16.5. The number of rotatable bonds is 2. The minimum Gasteiger partial charge on any atom is -0.374 e. The number of hydrogen-bond donors (Lipinski definition) is 0. The van der Waals surface area contributed by atoms with E-state index in [2.05, 4.69) is 5.16 Å². The molecule has 0 radical (unpaired) electrons. The SMILES string of the molecule is O=C(c1cc(-c2cccc(F)c2)no1)N1CCO[C@@H]2CCCC[C@@H]21. The number of amides is 1. The van der Waals surface area contributed by atoms with Crippen LogP contribution in [0.5, 0.6) is 0 Å². The molecule has 0 spiro atoms. The Morgan fingerprint density at radius 3 is 3.00 bits per heavy atom. The van der Waals surface area contributed by atoms with Crippen molar-refractivity contribution in [2.24, 2.45) is 0 Å². The molecule has 1 aliphatic heterocycles. The molecule has 0 unspecified atom stereocenters. The summed E-state index contributed by atoms with van der Waals surface area (Å²) < 4.78 is 24.4. The van der Waals surface area contributed by atoms with Crippen molar-refractivity contribution in [3.8, 4) is 11.3 Å². The summed E-state index contributed by atoms with van der Waals surface area (Å²) in [6, 6.07) is 7.79. The molecular weight excluding hydrogens is 311 g/mol. The Bertz CT molecular complexity index is 743. The van der Waals surface area contributed by atoms with Crippen LogP contribution >= 0.6 is 0 Å². The van der Waals surface area contributed by atoms with Crippen molar-refractivity contribution >= 4 is 5.91 Å². The first-order chi connectivity index (χ1) is 11.7. The molecule has 0 bridgehead atoms. The van der Waals surface area contributed by atoms with Crippen LogP contribution in [-0.2, 0) is 4.74 Å². The van der Waals surface area contributed by atoms with Crippen LogP contribution in [0.3, 0.4) is 0 Å². The number of hydrogen-bond acceptors (Lipinski definition) is 4. The molecule has 1 saturated carbocycles. The molecule has 2 fully saturated rings. The molecule has 0 N–H and O–H groups in total. The average molecular weight is 330 g/mol. The van der Waals surface area contributed by atoms with E-state index in [-0.39, 0.29) is 29.6 Å². The Labute approximate surface area is 139 Å². The van der Waals surface area contributed by atoms with Gasteiger partial charge in [-0.05, 0) is 25.0 Å². The first-order valence-corrected chi connectivity index (χ1v) is 8.37. The van der Waals surface area contributed by atoms with Gasteiger partial charge in [0.1, 0.15) is 11.5 Å². The highest BCUT2D eigenvalue weighted by atomic mass is 19.1. The Morgan fingerprint density at radius 1 is 1.25 bits per heavy atom. The first kappa shape index (κ1) is 15.3. The van der Waals surface area contributed by atoms with Crippen LogP contribution in [0.15, 0.2) is 34.9 Å². The molecule has 2 aromatic rings. The van der Waals surface area contributed by atoms with E-state index in [0.29, 0.717) is 24.4 Å². The van der Waals surface area contributed by atoms with Gasteiger partial charge in [0.15, 0.2) is 0 Å². The van der Waals surface area contributed by atoms with Crippen molar-refractivity contribution < 1.29 is 18.4 Å². The van der Waals surface area contributed by atoms with Gasteiger partial charge in [-0.2, -0.15) is 0 Å². The van der Waals surface area contributed by atoms with Gasteiger partial charge in [0.05, 0.1) is 18.8 Å². The van der Waals surface area contributed by atoms with E-state index in [9.17, 15) is 9.18 Å². The molecule has 1 aromatic heterocycles. The number of aromatic nitrogens is 1. The fraction of sp³-hybridized carbons (Fsp3) is 0.444. The number of fused-ring (bicyclic) bond motifs is 1. The van der Waals surface area contributed by atoms with E-state index in [1.165, 1.54) is 12.1 Å². The van der Waals surface area contributed by atoms with Gasteiger partial charge in [-0.1, -0.05) is 30.1 Å². The minimum absolute atomic E-state index is 0.114. The molecule has 2 heterocycles. The Morgan fingerprint density at radius 2 is 2.12 bits per heavy atom. The highest BCUT2D eigenvalue weighted by Gasteiger charge is 2.38. The third-order valence-electron chi connectivity index (χ3n) is 4.83. The van der Waals surface area contributed by atoms with Crippen LogP contribution < -0.4 is 0 Å². The normalized spacial score (nSPS) is 23.8. The summed E-state index contributed by atoms with van der Waals surface area (Å²) in [7, 11) is 0. The van der Waals surface area contributed by atoms with E-state index >= 15 is 0 Å². The molecule has 126 valence electrons. The van der Waals surface area contributed by atoms with Crippen LogP contribution in [0.1, 0.15) is 36.2 Å². The largest absolute Gasteiger partial charge is 0.374 e. The summed E-state index contributed by atoms with van der Waals surface area (Å²) in [5, 5.41) is 3.93. The van der Waals surface area contributed by atoms with E-state index in [0.717, 1.165) is 25.7 Å². The Kier molecular flexibility index (Phi) is 4.06. The van der Waals surface area contributed by atoms with Gasteiger partial charge >= 0.3 is 0 Å². The van der Waals surface area contributed by atoms with Gasteiger partial charge in [-0.25, -0.2) is 4.39 Å². The maximum atomic E-state index is 13.3. The Hall–Kier alpha value is -2.21. The summed E-state index contributed by atoms with van der Waals surface area (Å²) in [5.74, 6) is -0.313. The quantitative estimate of drug-likeness (QED) is 0.848. The molecule has 5 nitrogen and oxygen atoms in total. The predicted octanol–water partition coefficient (Wildman–Crippen LogP) is 3.26. The van der Waals surface area contributed by atoms with Crippen LogP contribution in [-0.4, -0.2) is 41.3 Å². The monoisotopic (exact) mass is 330 g/mol. The number of carbonyl (C=O) groups excluding carboxylic acids is 1. The number of morpholine rings is 1. The number of nitrogens with zero attached hydrogens (tertiary/aromatic N) is 2. The number of halogens is 1. The zero-order valence-electron chi connectivity index (χ0n) is 13.3. The van der Waals surface area contributed by atoms with Gasteiger partial charge in [0, 0.05) is 18.2 Å². The third-order valence-corrected chi connectivity index (χ3v) is 4.83. The van der Waals surface area contributed by atoms with Crippen molar-refractivity contribution in [2.75, 3.05) is 13.2 Å². The summed E-state index contributed by atoms with van der Waals surface area (Å²) in [5.41, 5.74) is 1.06. The summed E-state index contributed by atoms with van der Waals surface area (Å²) in [6.07, 6.45) is 4.34. The molecule has 1 amide bonds. The molecule has 2 atom stereocenters. The lowest BCUT2D eigenvalue weighted by molar-refractivity contribution is -0.0760. The van der Waals surface area contributed by atoms with E-state index in [4.69, 9.17) is 9.26 Å². The molecule has 1 aliphatic carbocycles. The van der Waals surface area contributed by atoms with Crippen molar-refractivity contribution in [2.45, 2.75) is 37.8 Å². The van der Waals surface area contributed by atoms with Gasteiger partial charge in [0.25, 0.3) is 5.91 Å². The molecule has 6 heteroatoms. The van der Waals surface area contributed by atoms with E-state index < -0.39 is 0 Å². The number of ether oxygens (including phenoxy) is 1. The van der Waals surface area contributed by atoms with Gasteiger partial charge in [-0.3, -0.25) is 4.79 Å². The number of carbonyl (C=O) groups is 1. The molecular formula is C18H19FN2O3. The standard InChI is InChI=1S/C18H19FN2O3/c19-13-5-3-4-12(10-13)14-11-17(24-20-14)18(22)21-8-9-23-16-7-2-1-6-15(16)21/h3-5,10-11,15-16H,1-2,6-9H2/t15-,16+/m0/s1. The second-order valence-electron chi connectivity index (χ2n) is 6.35. The van der Waals surface area contributed by atoms with Crippen molar-refractivity contribution in [1.82, 2.24) is 10.1 Å². The highest BCUT2D eigenvalue weighted by Crippen LogP contribution is 2.30. The van der Waals surface area contributed by atoms with E-state index in [1.54, 1.807) is 18.2 Å². The number of benzene rings is 1. The molecule has 4 rings (SSSR count). The molecule has 24 heavy (non-hydrogen) atoms. The summed E-state index contributed by atoms with van der Waals surface area (Å²) in [6.45, 7) is 1.12. The average Bonchev–Trinajstić information content (AvgIpc) is 3.11. The predicted molar refractivity (Wildman–Crippen MR) is 84.9 cm³/mol. The lowest BCUT2D eigenvalue weighted by Gasteiger charge is -2.43. The fourth-order valence-corrected chi connectivity index (χ4v) is 3.65.